The number of amides is 2. The SMILES string of the molecule is NC(=O)N(c1cccc(-c2sc(C(=O)O)c(OCC(=O)O)c2Cl)c1)C1CCCC(Cc2ccccc2)C1. The first-order valence-electron chi connectivity index (χ1n) is 11.9. The van der Waals surface area contributed by atoms with Gasteiger partial charge in [0, 0.05) is 11.7 Å². The van der Waals surface area contributed by atoms with Crippen LogP contribution in [0.4, 0.5) is 10.5 Å². The van der Waals surface area contributed by atoms with Gasteiger partial charge in [0.05, 0.1) is 4.88 Å². The Hall–Kier alpha value is -3.56. The van der Waals surface area contributed by atoms with Crippen LogP contribution in [0.5, 0.6) is 5.75 Å². The molecular weight excluding hydrogens is 516 g/mol. The van der Waals surface area contributed by atoms with E-state index in [1.165, 1.54) is 5.56 Å². The number of aliphatic carboxylic acids is 1. The highest BCUT2D eigenvalue weighted by Gasteiger charge is 2.31. The van der Waals surface area contributed by atoms with Crippen molar-refractivity contribution in [1.29, 1.82) is 0 Å². The Labute approximate surface area is 223 Å². The third-order valence-corrected chi connectivity index (χ3v) is 8.14. The van der Waals surface area contributed by atoms with Gasteiger partial charge in [0.2, 0.25) is 0 Å². The number of halogens is 1. The number of urea groups is 1. The van der Waals surface area contributed by atoms with E-state index in [9.17, 15) is 19.5 Å². The summed E-state index contributed by atoms with van der Waals surface area (Å²) >= 11 is 7.34. The summed E-state index contributed by atoms with van der Waals surface area (Å²) < 4.78 is 5.18. The lowest BCUT2D eigenvalue weighted by atomic mass is 9.81. The van der Waals surface area contributed by atoms with Crippen LogP contribution in [0.3, 0.4) is 0 Å². The lowest BCUT2D eigenvalue weighted by molar-refractivity contribution is -0.139. The molecule has 1 aliphatic carbocycles. The van der Waals surface area contributed by atoms with Gasteiger partial charge in [-0.25, -0.2) is 14.4 Å². The first kappa shape index (κ1) is 26.5. The van der Waals surface area contributed by atoms with Crippen LogP contribution in [0.1, 0.15) is 40.9 Å². The average Bonchev–Trinajstić information content (AvgIpc) is 3.20. The number of hydrogen-bond acceptors (Lipinski definition) is 5. The Morgan fingerprint density at radius 1 is 1.08 bits per heavy atom. The number of thiophene rings is 1. The topological polar surface area (TPSA) is 130 Å². The smallest absolute Gasteiger partial charge is 0.349 e. The molecule has 37 heavy (non-hydrogen) atoms. The van der Waals surface area contributed by atoms with Gasteiger partial charge in [-0.2, -0.15) is 0 Å². The van der Waals surface area contributed by atoms with Crippen molar-refractivity contribution in [2.75, 3.05) is 11.5 Å². The Kier molecular flexibility index (Phi) is 8.35. The van der Waals surface area contributed by atoms with E-state index >= 15 is 0 Å². The standard InChI is InChI=1S/C27H27ClN2O6S/c28-22-23(36-15-21(31)32)25(26(33)34)37-24(22)18-9-5-11-20(14-18)30(27(29)35)19-10-4-8-17(13-19)12-16-6-2-1-3-7-16/h1-3,5-7,9,11,14,17,19H,4,8,10,12-13,15H2,(H2,29,35)(H,31,32)(H,33,34). The molecule has 2 unspecified atom stereocenters. The summed E-state index contributed by atoms with van der Waals surface area (Å²) in [4.78, 5) is 37.2. The van der Waals surface area contributed by atoms with Gasteiger partial charge < -0.3 is 20.7 Å². The van der Waals surface area contributed by atoms with E-state index in [1.54, 1.807) is 29.2 Å². The molecule has 1 saturated carbocycles. The summed E-state index contributed by atoms with van der Waals surface area (Å²) in [6, 6.07) is 16.7. The maximum absolute atomic E-state index is 12.6. The second kappa shape index (κ2) is 11.7. The second-order valence-corrected chi connectivity index (χ2v) is 10.4. The molecule has 1 aromatic heterocycles. The van der Waals surface area contributed by atoms with Crippen molar-refractivity contribution in [3.8, 4) is 16.2 Å². The van der Waals surface area contributed by atoms with Crippen LogP contribution < -0.4 is 15.4 Å². The number of benzene rings is 2. The predicted molar refractivity (Wildman–Crippen MR) is 143 cm³/mol. The molecule has 3 aromatic rings. The molecule has 0 bridgehead atoms. The molecule has 1 fully saturated rings. The van der Waals surface area contributed by atoms with E-state index in [4.69, 9.17) is 27.2 Å². The first-order valence-corrected chi connectivity index (χ1v) is 13.1. The average molecular weight is 543 g/mol. The van der Waals surface area contributed by atoms with Crippen molar-refractivity contribution in [1.82, 2.24) is 0 Å². The van der Waals surface area contributed by atoms with Crippen molar-refractivity contribution in [3.63, 3.8) is 0 Å². The molecule has 194 valence electrons. The Morgan fingerprint density at radius 3 is 2.51 bits per heavy atom. The van der Waals surface area contributed by atoms with Gasteiger partial charge in [-0.1, -0.05) is 60.5 Å². The minimum atomic E-state index is -1.28. The zero-order chi connectivity index (χ0) is 26.5. The fraction of sp³-hybridized carbons (Fsp3) is 0.296. The quantitative estimate of drug-likeness (QED) is 0.308. The largest absolute Gasteiger partial charge is 0.479 e. The molecule has 1 aliphatic rings. The van der Waals surface area contributed by atoms with Gasteiger partial charge in [0.15, 0.2) is 17.2 Å². The molecule has 4 N–H and O–H groups in total. The normalized spacial score (nSPS) is 17.2. The zero-order valence-corrected chi connectivity index (χ0v) is 21.5. The highest BCUT2D eigenvalue weighted by Crippen LogP contribution is 2.46. The molecule has 10 heteroatoms. The Balaban J connectivity index is 1.62. The number of nitrogens with two attached hydrogens (primary N) is 1. The summed E-state index contributed by atoms with van der Waals surface area (Å²) in [5.74, 6) is -2.30. The van der Waals surface area contributed by atoms with Crippen molar-refractivity contribution in [2.45, 2.75) is 38.1 Å². The maximum atomic E-state index is 12.6. The number of primary amides is 1. The molecule has 2 amide bonds. The fourth-order valence-corrected chi connectivity index (χ4v) is 6.33. The highest BCUT2D eigenvalue weighted by molar-refractivity contribution is 7.18. The summed E-state index contributed by atoms with van der Waals surface area (Å²) in [5, 5.41) is 18.5. The molecule has 2 atom stereocenters. The van der Waals surface area contributed by atoms with Crippen LogP contribution in [0.2, 0.25) is 5.02 Å². The molecule has 0 spiro atoms. The molecule has 1 heterocycles. The minimum absolute atomic E-state index is 0.00650. The highest BCUT2D eigenvalue weighted by atomic mass is 35.5. The van der Waals surface area contributed by atoms with E-state index in [2.05, 4.69) is 12.1 Å². The van der Waals surface area contributed by atoms with E-state index in [0.717, 1.165) is 43.4 Å². The molecule has 8 nitrogen and oxygen atoms in total. The van der Waals surface area contributed by atoms with E-state index in [-0.39, 0.29) is 21.7 Å². The zero-order valence-electron chi connectivity index (χ0n) is 19.9. The lowest BCUT2D eigenvalue weighted by Crippen LogP contribution is -2.46. The van der Waals surface area contributed by atoms with Crippen LogP contribution in [0.15, 0.2) is 54.6 Å². The summed E-state index contributed by atoms with van der Waals surface area (Å²) in [6.07, 6.45) is 4.65. The number of rotatable bonds is 9. The van der Waals surface area contributed by atoms with Crippen molar-refractivity contribution < 1.29 is 29.3 Å². The lowest BCUT2D eigenvalue weighted by Gasteiger charge is -2.37. The van der Waals surface area contributed by atoms with Crippen LogP contribution in [0.25, 0.3) is 10.4 Å². The van der Waals surface area contributed by atoms with Gasteiger partial charge in [-0.3, -0.25) is 4.90 Å². The van der Waals surface area contributed by atoms with Crippen molar-refractivity contribution in [3.05, 3.63) is 70.1 Å². The molecule has 0 aliphatic heterocycles. The molecular formula is C27H27ClN2O6S. The molecule has 0 radical (unpaired) electrons. The van der Waals surface area contributed by atoms with Crippen LogP contribution in [-0.2, 0) is 11.2 Å². The Bertz CT molecular complexity index is 1300. The van der Waals surface area contributed by atoms with Crippen LogP contribution in [-0.4, -0.2) is 40.8 Å². The third-order valence-electron chi connectivity index (χ3n) is 6.45. The number of carbonyl (C=O) groups excluding carboxylic acids is 1. The number of carboxylic acid groups (broad SMARTS) is 2. The third kappa shape index (κ3) is 6.23. The van der Waals surface area contributed by atoms with Gasteiger partial charge in [0.25, 0.3) is 0 Å². The van der Waals surface area contributed by atoms with Crippen molar-refractivity contribution >= 4 is 46.6 Å². The fourth-order valence-electron chi connectivity index (χ4n) is 4.93. The molecule has 2 aromatic carbocycles. The summed E-state index contributed by atoms with van der Waals surface area (Å²) in [6.45, 7) is -0.725. The van der Waals surface area contributed by atoms with Crippen LogP contribution >= 0.6 is 22.9 Å². The number of carbonyl (C=O) groups is 3. The summed E-state index contributed by atoms with van der Waals surface area (Å²) in [5.41, 5.74) is 8.29. The molecule has 4 rings (SSSR count). The summed E-state index contributed by atoms with van der Waals surface area (Å²) in [7, 11) is 0. The van der Waals surface area contributed by atoms with Gasteiger partial charge in [-0.05, 0) is 54.9 Å². The number of aromatic carboxylic acids is 1. The van der Waals surface area contributed by atoms with E-state index in [1.807, 2.05) is 18.2 Å². The predicted octanol–water partition coefficient (Wildman–Crippen LogP) is 5.92. The molecule has 0 saturated heterocycles. The van der Waals surface area contributed by atoms with E-state index < -0.39 is 24.6 Å². The Morgan fingerprint density at radius 2 is 1.84 bits per heavy atom. The maximum Gasteiger partial charge on any atom is 0.349 e. The van der Waals surface area contributed by atoms with Crippen molar-refractivity contribution in [2.24, 2.45) is 11.7 Å². The number of hydrogen-bond donors (Lipinski definition) is 3. The number of nitrogens with zero attached hydrogens (tertiary/aromatic N) is 1. The monoisotopic (exact) mass is 542 g/mol. The van der Waals surface area contributed by atoms with Gasteiger partial charge in [0.1, 0.15) is 5.02 Å². The first-order chi connectivity index (χ1) is 17.7. The van der Waals surface area contributed by atoms with Crippen LogP contribution in [0, 0.1) is 5.92 Å². The van der Waals surface area contributed by atoms with Gasteiger partial charge in [-0.15, -0.1) is 11.3 Å². The second-order valence-electron chi connectivity index (χ2n) is 9.03. The number of carboxylic acids is 2. The minimum Gasteiger partial charge on any atom is -0.479 e. The number of anilines is 1. The van der Waals surface area contributed by atoms with E-state index in [0.29, 0.717) is 22.0 Å². The number of ether oxygens (including phenoxy) is 1. The van der Waals surface area contributed by atoms with Gasteiger partial charge >= 0.3 is 18.0 Å².